The molecule has 3 aliphatic heterocycles. The van der Waals surface area contributed by atoms with E-state index < -0.39 is 11.7 Å². The van der Waals surface area contributed by atoms with Crippen LogP contribution in [0.15, 0.2) is 6.20 Å². The van der Waals surface area contributed by atoms with Gasteiger partial charge in [-0.15, -0.1) is 0 Å². The highest BCUT2D eigenvalue weighted by Gasteiger charge is 2.48. The van der Waals surface area contributed by atoms with Crippen LogP contribution in [0.4, 0.5) is 10.6 Å². The van der Waals surface area contributed by atoms with Crippen molar-refractivity contribution in [1.82, 2.24) is 24.6 Å². The quantitative estimate of drug-likeness (QED) is 0.492. The lowest BCUT2D eigenvalue weighted by molar-refractivity contribution is -0.127. The molecule has 11 heteroatoms. The summed E-state index contributed by atoms with van der Waals surface area (Å²) < 4.78 is 14.1. The molecule has 0 N–H and O–H groups in total. The number of carbonyl (C=O) groups excluding carboxylic acids is 2. The molecule has 0 aromatic carbocycles. The minimum atomic E-state index is -0.624. The van der Waals surface area contributed by atoms with Crippen molar-refractivity contribution in [3.8, 4) is 0 Å². The van der Waals surface area contributed by atoms with E-state index in [1.807, 2.05) is 31.6 Å². The molecule has 0 radical (unpaired) electrons. The van der Waals surface area contributed by atoms with Gasteiger partial charge in [0.2, 0.25) is 5.91 Å². The van der Waals surface area contributed by atoms with Crippen LogP contribution in [0.5, 0.6) is 0 Å². The van der Waals surface area contributed by atoms with Crippen molar-refractivity contribution in [3.63, 3.8) is 0 Å². The van der Waals surface area contributed by atoms with Gasteiger partial charge in [-0.1, -0.05) is 0 Å². The fourth-order valence-corrected chi connectivity index (χ4v) is 5.67. The Morgan fingerprint density at radius 3 is 2.71 bits per heavy atom. The van der Waals surface area contributed by atoms with E-state index in [1.165, 1.54) is 4.90 Å². The number of carbonyl (C=O) groups is 2. The van der Waals surface area contributed by atoms with Gasteiger partial charge in [-0.05, 0) is 75.5 Å². The number of hydrogen-bond donors (Lipinski definition) is 0. The summed E-state index contributed by atoms with van der Waals surface area (Å²) in [4.78, 5) is 38.2. The fraction of sp³-hybridized carbons (Fsp3) is 0.696. The Bertz CT molecular complexity index is 1100. The molecule has 10 nitrogen and oxygen atoms in total. The van der Waals surface area contributed by atoms with E-state index in [2.05, 4.69) is 37.6 Å². The lowest BCUT2D eigenvalue weighted by Gasteiger charge is -2.39. The maximum atomic E-state index is 12.6. The minimum absolute atomic E-state index is 0.0997. The van der Waals surface area contributed by atoms with Gasteiger partial charge in [0.05, 0.1) is 6.20 Å². The average Bonchev–Trinajstić information content (AvgIpc) is 3.30. The zero-order valence-electron chi connectivity index (χ0n) is 19.9. The van der Waals surface area contributed by atoms with E-state index in [4.69, 9.17) is 14.5 Å². The molecule has 5 heterocycles. The van der Waals surface area contributed by atoms with Gasteiger partial charge in [-0.2, -0.15) is 5.10 Å². The van der Waals surface area contributed by atoms with Gasteiger partial charge in [0.15, 0.2) is 15.6 Å². The first kappa shape index (κ1) is 23.7. The standard InChI is InChI=1S/C23H31IN6O4/c1-22(2,3)34-21(32)29-14-23(12-16(29)31)7-9-28(10-8-23)15-13-25-18-19(24)27-30(20(18)26-15)17-6-4-5-11-33-17/h13,17H,4-12,14H2,1-3H3. The summed E-state index contributed by atoms with van der Waals surface area (Å²) in [7, 11) is 0. The first-order chi connectivity index (χ1) is 16.1. The first-order valence-electron chi connectivity index (χ1n) is 11.9. The third kappa shape index (κ3) is 4.60. The molecule has 34 heavy (non-hydrogen) atoms. The third-order valence-electron chi connectivity index (χ3n) is 6.86. The van der Waals surface area contributed by atoms with Crippen molar-refractivity contribution >= 4 is 51.6 Å². The van der Waals surface area contributed by atoms with E-state index in [0.717, 1.165) is 72.5 Å². The van der Waals surface area contributed by atoms with Crippen LogP contribution in [0, 0.1) is 9.12 Å². The Labute approximate surface area is 212 Å². The van der Waals surface area contributed by atoms with Crippen LogP contribution < -0.4 is 4.90 Å². The van der Waals surface area contributed by atoms with Crippen molar-refractivity contribution in [2.24, 2.45) is 5.41 Å². The molecule has 3 saturated heterocycles. The van der Waals surface area contributed by atoms with E-state index in [1.54, 1.807) is 0 Å². The van der Waals surface area contributed by atoms with Crippen LogP contribution in [-0.4, -0.2) is 68.5 Å². The van der Waals surface area contributed by atoms with Gasteiger partial charge < -0.3 is 14.4 Å². The largest absolute Gasteiger partial charge is 0.443 e. The Morgan fingerprint density at radius 1 is 1.26 bits per heavy atom. The molecule has 1 spiro atoms. The highest BCUT2D eigenvalue weighted by atomic mass is 127. The Kier molecular flexibility index (Phi) is 6.20. The molecule has 3 aliphatic rings. The maximum Gasteiger partial charge on any atom is 0.417 e. The number of fused-ring (bicyclic) bond motifs is 1. The summed E-state index contributed by atoms with van der Waals surface area (Å²) in [6, 6.07) is 0. The third-order valence-corrected chi connectivity index (χ3v) is 7.59. The second-order valence-corrected chi connectivity index (χ2v) is 11.6. The van der Waals surface area contributed by atoms with Crippen LogP contribution in [0.3, 0.4) is 0 Å². The topological polar surface area (TPSA) is 103 Å². The molecule has 2 aromatic heterocycles. The monoisotopic (exact) mass is 582 g/mol. The normalized spacial score (nSPS) is 23.2. The van der Waals surface area contributed by atoms with E-state index in [-0.39, 0.29) is 17.6 Å². The van der Waals surface area contributed by atoms with Crippen LogP contribution in [-0.2, 0) is 14.3 Å². The number of ether oxygens (including phenoxy) is 2. The predicted molar refractivity (Wildman–Crippen MR) is 133 cm³/mol. The van der Waals surface area contributed by atoms with Gasteiger partial charge in [0, 0.05) is 38.1 Å². The molecule has 1 atom stereocenters. The SMILES string of the molecule is CC(C)(C)OC(=O)N1CC2(CCN(c3cnc4c(I)nn(C5CCCCO5)c4n3)CC2)CC1=O. The molecule has 2 amide bonds. The minimum Gasteiger partial charge on any atom is -0.443 e. The fourth-order valence-electron chi connectivity index (χ4n) is 5.06. The van der Waals surface area contributed by atoms with E-state index in [0.29, 0.717) is 13.0 Å². The molecular formula is C23H31IN6O4. The van der Waals surface area contributed by atoms with Gasteiger partial charge in [0.1, 0.15) is 16.9 Å². The zero-order valence-corrected chi connectivity index (χ0v) is 22.1. The molecule has 2 aromatic rings. The Morgan fingerprint density at radius 2 is 2.03 bits per heavy atom. The number of amides is 2. The van der Waals surface area contributed by atoms with Crippen LogP contribution in [0.2, 0.25) is 0 Å². The summed E-state index contributed by atoms with van der Waals surface area (Å²) >= 11 is 2.20. The summed E-state index contributed by atoms with van der Waals surface area (Å²) in [5.74, 6) is 0.666. The number of nitrogens with zero attached hydrogens (tertiary/aromatic N) is 6. The number of hydrogen-bond acceptors (Lipinski definition) is 8. The number of likely N-dealkylation sites (tertiary alicyclic amines) is 1. The first-order valence-corrected chi connectivity index (χ1v) is 13.0. The van der Waals surface area contributed by atoms with E-state index >= 15 is 0 Å². The van der Waals surface area contributed by atoms with E-state index in [9.17, 15) is 9.59 Å². The lowest BCUT2D eigenvalue weighted by Crippen LogP contribution is -2.43. The summed E-state index contributed by atoms with van der Waals surface area (Å²) in [5.41, 5.74) is 0.721. The van der Waals surface area contributed by atoms with Gasteiger partial charge in [-0.3, -0.25) is 4.79 Å². The molecule has 0 saturated carbocycles. The van der Waals surface area contributed by atoms with Crippen molar-refractivity contribution in [1.29, 1.82) is 0 Å². The number of rotatable bonds is 2. The molecule has 3 fully saturated rings. The second kappa shape index (κ2) is 8.89. The second-order valence-electron chi connectivity index (χ2n) is 10.6. The van der Waals surface area contributed by atoms with Gasteiger partial charge in [-0.25, -0.2) is 24.3 Å². The highest BCUT2D eigenvalue weighted by Crippen LogP contribution is 2.42. The number of halogens is 1. The maximum absolute atomic E-state index is 12.6. The number of anilines is 1. The van der Waals surface area contributed by atoms with Crippen molar-refractivity contribution < 1.29 is 19.1 Å². The number of aromatic nitrogens is 4. The highest BCUT2D eigenvalue weighted by molar-refractivity contribution is 14.1. The predicted octanol–water partition coefficient (Wildman–Crippen LogP) is 3.88. The smallest absolute Gasteiger partial charge is 0.417 e. The van der Waals surface area contributed by atoms with Crippen molar-refractivity contribution in [2.45, 2.75) is 71.1 Å². The molecule has 1 unspecified atom stereocenters. The zero-order chi connectivity index (χ0) is 24.1. The van der Waals surface area contributed by atoms with Crippen molar-refractivity contribution in [2.75, 3.05) is 31.1 Å². The molecular weight excluding hydrogens is 551 g/mol. The van der Waals surface area contributed by atoms with Gasteiger partial charge in [0.25, 0.3) is 0 Å². The summed E-state index contributed by atoms with van der Waals surface area (Å²) in [5, 5.41) is 4.66. The lowest BCUT2D eigenvalue weighted by atomic mass is 9.77. The van der Waals surface area contributed by atoms with Crippen molar-refractivity contribution in [3.05, 3.63) is 9.90 Å². The molecule has 184 valence electrons. The summed E-state index contributed by atoms with van der Waals surface area (Å²) in [6.07, 6.45) is 6.28. The van der Waals surface area contributed by atoms with Crippen LogP contribution in [0.25, 0.3) is 11.2 Å². The van der Waals surface area contributed by atoms with Crippen LogP contribution >= 0.6 is 22.6 Å². The Balaban J connectivity index is 1.30. The average molecular weight is 582 g/mol. The number of imide groups is 1. The molecule has 0 bridgehead atoms. The number of piperidine rings is 1. The molecule has 0 aliphatic carbocycles. The van der Waals surface area contributed by atoms with Crippen LogP contribution in [0.1, 0.15) is 65.5 Å². The van der Waals surface area contributed by atoms with Gasteiger partial charge >= 0.3 is 6.09 Å². The molecule has 5 rings (SSSR count). The Hall–Kier alpha value is -2.02. The summed E-state index contributed by atoms with van der Waals surface area (Å²) in [6.45, 7) is 8.09.